The van der Waals surface area contributed by atoms with E-state index in [9.17, 15) is 14.8 Å². The van der Waals surface area contributed by atoms with Crippen molar-refractivity contribution in [2.75, 3.05) is 19.8 Å². The fourth-order valence-electron chi connectivity index (χ4n) is 2.72. The molecule has 144 valence electrons. The quantitative estimate of drug-likeness (QED) is 0.507. The Hall–Kier alpha value is -2.13. The van der Waals surface area contributed by atoms with Gasteiger partial charge in [0.1, 0.15) is 5.75 Å². The standard InChI is InChI=1S/C19H23N3O4S/c1-12-7-20-17(13(2)18(12)26-10-14(8-23)9-24)11-27(25)19-21-15-5-3-4-6-16(15)22-19/h3-7,14,23-24H,8-11H2,1-2H3,(H,21,22). The number of aliphatic hydroxyl groups is 2. The zero-order valence-electron chi connectivity index (χ0n) is 15.3. The van der Waals surface area contributed by atoms with Crippen LogP contribution in [0.2, 0.25) is 0 Å². The number of aromatic nitrogens is 3. The summed E-state index contributed by atoms with van der Waals surface area (Å²) in [6, 6.07) is 7.54. The van der Waals surface area contributed by atoms with Gasteiger partial charge in [0.25, 0.3) is 0 Å². The van der Waals surface area contributed by atoms with Crippen molar-refractivity contribution < 1.29 is 19.5 Å². The number of aliphatic hydroxyl groups excluding tert-OH is 2. The molecule has 0 aliphatic rings. The first-order chi connectivity index (χ1) is 13.0. The molecule has 27 heavy (non-hydrogen) atoms. The first kappa shape index (κ1) is 19.6. The third kappa shape index (κ3) is 4.41. The van der Waals surface area contributed by atoms with Gasteiger partial charge < -0.3 is 19.5 Å². The molecule has 8 heteroatoms. The Morgan fingerprint density at radius 1 is 1.22 bits per heavy atom. The molecule has 1 aromatic carbocycles. The number of pyridine rings is 1. The molecule has 3 N–H and O–H groups in total. The maximum atomic E-state index is 12.8. The highest BCUT2D eigenvalue weighted by molar-refractivity contribution is 7.90. The summed E-state index contributed by atoms with van der Waals surface area (Å²) < 4.78 is 18.6. The van der Waals surface area contributed by atoms with E-state index in [1.165, 1.54) is 0 Å². The number of benzene rings is 1. The number of rotatable bonds is 8. The van der Waals surface area contributed by atoms with Crippen molar-refractivity contribution in [2.45, 2.75) is 24.8 Å². The van der Waals surface area contributed by atoms with Crippen molar-refractivity contribution in [1.82, 2.24) is 15.0 Å². The fourth-order valence-corrected chi connectivity index (χ4v) is 3.82. The first-order valence-electron chi connectivity index (χ1n) is 8.66. The van der Waals surface area contributed by atoms with Gasteiger partial charge in [0, 0.05) is 34.4 Å². The van der Waals surface area contributed by atoms with Crippen LogP contribution in [-0.2, 0) is 16.9 Å². The molecule has 3 rings (SSSR count). The number of imidazole rings is 1. The zero-order valence-corrected chi connectivity index (χ0v) is 16.1. The molecule has 2 heterocycles. The van der Waals surface area contributed by atoms with Crippen LogP contribution in [-0.4, -0.2) is 49.5 Å². The van der Waals surface area contributed by atoms with E-state index in [1.807, 2.05) is 38.1 Å². The van der Waals surface area contributed by atoms with Crippen molar-refractivity contribution in [2.24, 2.45) is 5.92 Å². The van der Waals surface area contributed by atoms with Crippen molar-refractivity contribution >= 4 is 22.2 Å². The summed E-state index contributed by atoms with van der Waals surface area (Å²) >= 11 is -1.37. The van der Waals surface area contributed by atoms with Crippen LogP contribution < -0.4 is 4.74 Å². The Morgan fingerprint density at radius 3 is 2.67 bits per heavy atom. The van der Waals surface area contributed by atoms with Crippen molar-refractivity contribution in [3.8, 4) is 5.75 Å². The Bertz CT molecular complexity index is 878. The Balaban J connectivity index is 1.78. The molecule has 0 radical (unpaired) electrons. The molecule has 0 spiro atoms. The molecule has 0 amide bonds. The lowest BCUT2D eigenvalue weighted by Crippen LogP contribution is -2.20. The topological polar surface area (TPSA) is 114 Å². The van der Waals surface area contributed by atoms with Gasteiger partial charge in [-0.1, -0.05) is 12.1 Å². The van der Waals surface area contributed by atoms with Crippen molar-refractivity contribution in [1.29, 1.82) is 0 Å². The van der Waals surface area contributed by atoms with Gasteiger partial charge in [-0.25, -0.2) is 0 Å². The Labute approximate surface area is 160 Å². The molecule has 0 aliphatic carbocycles. The second-order valence-electron chi connectivity index (χ2n) is 6.43. The lowest BCUT2D eigenvalue weighted by atomic mass is 10.1. The van der Waals surface area contributed by atoms with Gasteiger partial charge in [0.2, 0.25) is 0 Å². The van der Waals surface area contributed by atoms with E-state index in [4.69, 9.17) is 4.74 Å². The average Bonchev–Trinajstić information content (AvgIpc) is 3.11. The van der Waals surface area contributed by atoms with Gasteiger partial charge in [0.05, 0.1) is 36.5 Å². The molecule has 0 saturated heterocycles. The highest BCUT2D eigenvalue weighted by Crippen LogP contribution is 2.27. The lowest BCUT2D eigenvalue weighted by molar-refractivity contribution is 0.105. The van der Waals surface area contributed by atoms with Gasteiger partial charge in [-0.3, -0.25) is 9.97 Å². The van der Waals surface area contributed by atoms with E-state index in [2.05, 4.69) is 15.0 Å². The number of fused-ring (bicyclic) bond motifs is 1. The summed E-state index contributed by atoms with van der Waals surface area (Å²) in [7, 11) is 0. The van der Waals surface area contributed by atoms with Crippen LogP contribution in [0.1, 0.15) is 16.8 Å². The van der Waals surface area contributed by atoms with Crippen LogP contribution in [0.15, 0.2) is 35.6 Å². The molecular weight excluding hydrogens is 366 g/mol. The summed E-state index contributed by atoms with van der Waals surface area (Å²) in [5, 5.41) is 18.8. The van der Waals surface area contributed by atoms with Gasteiger partial charge in [-0.15, -0.1) is 0 Å². The number of H-pyrrole nitrogens is 1. The summed E-state index contributed by atoms with van der Waals surface area (Å²) in [6.07, 6.45) is 1.68. The Morgan fingerprint density at radius 2 is 1.96 bits per heavy atom. The predicted molar refractivity (Wildman–Crippen MR) is 103 cm³/mol. The maximum absolute atomic E-state index is 12.8. The van der Waals surface area contributed by atoms with Crippen LogP contribution in [0.25, 0.3) is 11.0 Å². The minimum absolute atomic E-state index is 0.150. The van der Waals surface area contributed by atoms with Gasteiger partial charge in [0.15, 0.2) is 5.75 Å². The van der Waals surface area contributed by atoms with E-state index >= 15 is 0 Å². The number of hydrogen-bond donors (Lipinski definition) is 3. The van der Waals surface area contributed by atoms with E-state index in [1.54, 1.807) is 6.20 Å². The maximum Gasteiger partial charge on any atom is 0.322 e. The van der Waals surface area contributed by atoms with E-state index in [0.717, 1.165) is 22.2 Å². The third-order valence-corrected chi connectivity index (χ3v) is 5.54. The minimum Gasteiger partial charge on any atom is -0.609 e. The highest BCUT2D eigenvalue weighted by atomic mass is 32.2. The summed E-state index contributed by atoms with van der Waals surface area (Å²) in [5.41, 5.74) is 3.93. The molecular formula is C19H23N3O4S. The molecule has 3 aromatic rings. The lowest BCUT2D eigenvalue weighted by Gasteiger charge is -2.18. The molecule has 0 aliphatic heterocycles. The fraction of sp³-hybridized carbons (Fsp3) is 0.368. The van der Waals surface area contributed by atoms with Crippen LogP contribution in [0, 0.1) is 19.8 Å². The van der Waals surface area contributed by atoms with Gasteiger partial charge in [-0.2, -0.15) is 4.98 Å². The molecule has 0 fully saturated rings. The van der Waals surface area contributed by atoms with Crippen LogP contribution >= 0.6 is 0 Å². The highest BCUT2D eigenvalue weighted by Gasteiger charge is 2.21. The molecule has 0 saturated carbocycles. The SMILES string of the molecule is Cc1cnc(C[S+]([O-])c2nc3ccccc3[nH]2)c(C)c1OCC(CO)CO. The number of aromatic amines is 1. The summed E-state index contributed by atoms with van der Waals surface area (Å²) in [5.74, 6) is 0.518. The molecule has 1 unspecified atom stereocenters. The third-order valence-electron chi connectivity index (χ3n) is 4.38. The number of nitrogens with one attached hydrogen (secondary N) is 1. The molecule has 2 aromatic heterocycles. The summed E-state index contributed by atoms with van der Waals surface area (Å²) in [4.78, 5) is 11.9. The van der Waals surface area contributed by atoms with Crippen molar-refractivity contribution in [3.63, 3.8) is 0 Å². The number of hydrogen-bond acceptors (Lipinski definition) is 6. The van der Waals surface area contributed by atoms with Gasteiger partial charge >= 0.3 is 5.16 Å². The van der Waals surface area contributed by atoms with Crippen molar-refractivity contribution in [3.05, 3.63) is 47.3 Å². The Kier molecular flexibility index (Phi) is 6.33. The smallest absolute Gasteiger partial charge is 0.322 e. The molecule has 1 atom stereocenters. The number of ether oxygens (including phenoxy) is 1. The van der Waals surface area contributed by atoms with E-state index < -0.39 is 11.2 Å². The predicted octanol–water partition coefficient (Wildman–Crippen LogP) is 1.86. The normalized spacial score (nSPS) is 12.7. The number of aryl methyl sites for hydroxylation is 1. The first-order valence-corrected chi connectivity index (χ1v) is 9.98. The van der Waals surface area contributed by atoms with E-state index in [0.29, 0.717) is 16.6 Å². The second-order valence-corrected chi connectivity index (χ2v) is 7.80. The average molecular weight is 389 g/mol. The minimum atomic E-state index is -1.37. The second kappa shape index (κ2) is 8.71. The van der Waals surface area contributed by atoms with Crippen LogP contribution in [0.4, 0.5) is 0 Å². The zero-order chi connectivity index (χ0) is 19.4. The van der Waals surface area contributed by atoms with E-state index in [-0.39, 0.29) is 31.5 Å². The van der Waals surface area contributed by atoms with Crippen LogP contribution in [0.5, 0.6) is 5.75 Å². The molecule has 0 bridgehead atoms. The monoisotopic (exact) mass is 389 g/mol. The molecule has 7 nitrogen and oxygen atoms in total. The summed E-state index contributed by atoms with van der Waals surface area (Å²) in [6.45, 7) is 3.64. The van der Waals surface area contributed by atoms with Gasteiger partial charge in [-0.05, 0) is 26.0 Å². The number of nitrogens with zero attached hydrogens (tertiary/aromatic N) is 2. The van der Waals surface area contributed by atoms with Crippen LogP contribution in [0.3, 0.4) is 0 Å². The number of para-hydroxylation sites is 2. The largest absolute Gasteiger partial charge is 0.609 e.